The van der Waals surface area contributed by atoms with Crippen LogP contribution in [-0.4, -0.2) is 48.7 Å². The Balaban J connectivity index is 2.12. The van der Waals surface area contributed by atoms with Gasteiger partial charge in [-0.15, -0.1) is 0 Å². The van der Waals surface area contributed by atoms with E-state index in [9.17, 15) is 10.2 Å². The summed E-state index contributed by atoms with van der Waals surface area (Å²) in [7, 11) is 0. The van der Waals surface area contributed by atoms with Crippen molar-refractivity contribution in [3.05, 3.63) is 0 Å². The number of nitrogens with one attached hydrogen (secondary N) is 1. The molecular formula is C9H17NO3. The maximum atomic E-state index is 10.2. The molecule has 0 aromatic rings. The second kappa shape index (κ2) is 3.20. The van der Waals surface area contributed by atoms with Gasteiger partial charge in [-0.05, 0) is 12.8 Å². The molecule has 0 radical (unpaired) electrons. The lowest BCUT2D eigenvalue weighted by molar-refractivity contribution is -0.187. The van der Waals surface area contributed by atoms with Gasteiger partial charge < -0.3 is 20.3 Å². The normalized spacial score (nSPS) is 38.3. The first-order valence-electron chi connectivity index (χ1n) is 4.84. The molecule has 1 atom stereocenters. The molecule has 0 aromatic carbocycles. The zero-order chi connectivity index (χ0) is 9.36. The highest BCUT2D eigenvalue weighted by molar-refractivity contribution is 5.07. The molecule has 1 unspecified atom stereocenters. The molecule has 0 spiro atoms. The third-order valence-electron chi connectivity index (χ3n) is 3.45. The highest BCUT2D eigenvalue weighted by Crippen LogP contribution is 2.41. The predicted molar refractivity (Wildman–Crippen MR) is 47.4 cm³/mol. The fraction of sp³-hybridized carbons (Fsp3) is 1.00. The summed E-state index contributed by atoms with van der Waals surface area (Å²) < 4.78 is 5.35. The van der Waals surface area contributed by atoms with E-state index < -0.39 is 11.0 Å². The maximum absolute atomic E-state index is 10.2. The van der Waals surface area contributed by atoms with Crippen LogP contribution in [0.1, 0.15) is 12.8 Å². The Labute approximate surface area is 77.9 Å². The Hall–Kier alpha value is -0.160. The van der Waals surface area contributed by atoms with E-state index >= 15 is 0 Å². The molecule has 4 nitrogen and oxygen atoms in total. The van der Waals surface area contributed by atoms with Crippen molar-refractivity contribution in [1.82, 2.24) is 5.32 Å². The molecule has 13 heavy (non-hydrogen) atoms. The minimum absolute atomic E-state index is 0.0190. The van der Waals surface area contributed by atoms with E-state index in [1.54, 1.807) is 0 Å². The first-order valence-corrected chi connectivity index (χ1v) is 4.84. The van der Waals surface area contributed by atoms with Crippen LogP contribution in [0, 0.1) is 5.41 Å². The van der Waals surface area contributed by atoms with Crippen molar-refractivity contribution in [3.8, 4) is 0 Å². The van der Waals surface area contributed by atoms with Crippen LogP contribution >= 0.6 is 0 Å². The van der Waals surface area contributed by atoms with Gasteiger partial charge >= 0.3 is 0 Å². The molecule has 0 saturated carbocycles. The smallest absolute Gasteiger partial charge is 0.0994 e. The third kappa shape index (κ3) is 1.29. The summed E-state index contributed by atoms with van der Waals surface area (Å²) in [6.45, 7) is 2.42. The molecule has 2 fully saturated rings. The average molecular weight is 187 g/mol. The molecule has 4 heteroatoms. The van der Waals surface area contributed by atoms with Gasteiger partial charge in [-0.2, -0.15) is 0 Å². The van der Waals surface area contributed by atoms with E-state index in [0.717, 1.165) is 19.4 Å². The van der Waals surface area contributed by atoms with Crippen LogP contribution in [0.4, 0.5) is 0 Å². The van der Waals surface area contributed by atoms with E-state index in [1.165, 1.54) is 0 Å². The second-order valence-electron chi connectivity index (χ2n) is 4.23. The molecular weight excluding hydrogens is 170 g/mol. The van der Waals surface area contributed by atoms with Crippen LogP contribution in [0.2, 0.25) is 0 Å². The monoisotopic (exact) mass is 187 g/mol. The lowest BCUT2D eigenvalue weighted by atomic mass is 9.66. The van der Waals surface area contributed by atoms with Crippen LogP contribution < -0.4 is 5.32 Å². The van der Waals surface area contributed by atoms with Gasteiger partial charge in [0.05, 0.1) is 18.8 Å². The van der Waals surface area contributed by atoms with Crippen molar-refractivity contribution in [2.24, 2.45) is 5.41 Å². The van der Waals surface area contributed by atoms with Gasteiger partial charge in [0, 0.05) is 25.1 Å². The molecule has 3 N–H and O–H groups in total. The summed E-state index contributed by atoms with van der Waals surface area (Å²) in [6.07, 6.45) is 1.80. The quantitative estimate of drug-likeness (QED) is 0.525. The van der Waals surface area contributed by atoms with Crippen LogP contribution in [0.5, 0.6) is 0 Å². The van der Waals surface area contributed by atoms with Gasteiger partial charge in [-0.25, -0.2) is 0 Å². The highest BCUT2D eigenvalue weighted by atomic mass is 16.5. The molecule has 76 valence electrons. The largest absolute Gasteiger partial charge is 0.396 e. The summed E-state index contributed by atoms with van der Waals surface area (Å²) in [6, 6.07) is 0. The van der Waals surface area contributed by atoms with Crippen molar-refractivity contribution < 1.29 is 14.9 Å². The summed E-state index contributed by atoms with van der Waals surface area (Å²) in [4.78, 5) is 0. The fourth-order valence-electron chi connectivity index (χ4n) is 2.23. The summed E-state index contributed by atoms with van der Waals surface area (Å²) >= 11 is 0. The second-order valence-corrected chi connectivity index (χ2v) is 4.23. The average Bonchev–Trinajstić information content (AvgIpc) is 2.15. The van der Waals surface area contributed by atoms with Gasteiger partial charge in [0.25, 0.3) is 0 Å². The van der Waals surface area contributed by atoms with Crippen LogP contribution in [0.25, 0.3) is 0 Å². The highest BCUT2D eigenvalue weighted by Gasteiger charge is 2.54. The van der Waals surface area contributed by atoms with E-state index in [0.29, 0.717) is 19.7 Å². The molecule has 2 rings (SSSR count). The molecule has 2 aliphatic heterocycles. The van der Waals surface area contributed by atoms with Crippen molar-refractivity contribution in [2.75, 3.05) is 32.9 Å². The molecule has 0 aromatic heterocycles. The third-order valence-corrected chi connectivity index (χ3v) is 3.45. The van der Waals surface area contributed by atoms with Crippen LogP contribution in [0.3, 0.4) is 0 Å². The lowest BCUT2D eigenvalue weighted by Gasteiger charge is -2.53. The van der Waals surface area contributed by atoms with E-state index in [1.807, 2.05) is 0 Å². The Morgan fingerprint density at radius 1 is 1.38 bits per heavy atom. The number of rotatable bonds is 2. The van der Waals surface area contributed by atoms with Crippen molar-refractivity contribution in [2.45, 2.75) is 18.4 Å². The number of hydrogen-bond donors (Lipinski definition) is 3. The minimum Gasteiger partial charge on any atom is -0.396 e. The number of hydrogen-bond acceptors (Lipinski definition) is 4. The summed E-state index contributed by atoms with van der Waals surface area (Å²) in [5.74, 6) is 0. The number of aliphatic hydroxyl groups is 2. The summed E-state index contributed by atoms with van der Waals surface area (Å²) in [5, 5.41) is 22.6. The zero-order valence-electron chi connectivity index (χ0n) is 7.75. The lowest BCUT2D eigenvalue weighted by Crippen LogP contribution is -2.71. The first kappa shape index (κ1) is 9.40. The van der Waals surface area contributed by atoms with Crippen LogP contribution in [-0.2, 0) is 4.74 Å². The number of β-amino-alcohol motifs (C(OH)–C–C–N with tert-alkyl or cyclic N) is 1. The van der Waals surface area contributed by atoms with Gasteiger partial charge in [0.1, 0.15) is 0 Å². The molecule has 2 heterocycles. The Morgan fingerprint density at radius 3 is 2.54 bits per heavy atom. The van der Waals surface area contributed by atoms with Gasteiger partial charge in [0.15, 0.2) is 0 Å². The van der Waals surface area contributed by atoms with E-state index in [-0.39, 0.29) is 6.61 Å². The predicted octanol–water partition coefficient (Wildman–Crippen LogP) is -0.890. The molecule has 0 bridgehead atoms. The molecule has 0 amide bonds. The molecule has 0 aliphatic carbocycles. The van der Waals surface area contributed by atoms with E-state index in [4.69, 9.17) is 4.74 Å². The first-order chi connectivity index (χ1) is 6.22. The minimum atomic E-state index is -0.748. The van der Waals surface area contributed by atoms with Crippen molar-refractivity contribution >= 4 is 0 Å². The number of aliphatic hydroxyl groups excluding tert-OH is 1. The van der Waals surface area contributed by atoms with Gasteiger partial charge in [-0.1, -0.05) is 0 Å². The maximum Gasteiger partial charge on any atom is 0.0994 e. The van der Waals surface area contributed by atoms with E-state index in [2.05, 4.69) is 5.32 Å². The Morgan fingerprint density at radius 2 is 2.15 bits per heavy atom. The van der Waals surface area contributed by atoms with Crippen LogP contribution in [0.15, 0.2) is 0 Å². The molecule has 2 aliphatic rings. The SMILES string of the molecule is OCC1(C2(O)CNC2)CCCOC1. The van der Waals surface area contributed by atoms with Gasteiger partial charge in [0.2, 0.25) is 0 Å². The zero-order valence-corrected chi connectivity index (χ0v) is 7.75. The van der Waals surface area contributed by atoms with Crippen molar-refractivity contribution in [3.63, 3.8) is 0 Å². The fourth-order valence-corrected chi connectivity index (χ4v) is 2.23. The Bertz CT molecular complexity index is 185. The standard InChI is InChI=1S/C9H17NO3/c11-6-8(2-1-3-13-7-8)9(12)4-10-5-9/h10-12H,1-7H2. The summed E-state index contributed by atoms with van der Waals surface area (Å²) in [5.41, 5.74) is -1.17. The van der Waals surface area contributed by atoms with Gasteiger partial charge in [-0.3, -0.25) is 0 Å². The Kier molecular flexibility index (Phi) is 2.32. The van der Waals surface area contributed by atoms with Crippen molar-refractivity contribution in [1.29, 1.82) is 0 Å². The topological polar surface area (TPSA) is 61.7 Å². The number of ether oxygens (including phenoxy) is 1. The molecule has 2 saturated heterocycles.